The van der Waals surface area contributed by atoms with Crippen LogP contribution in [-0.4, -0.2) is 42.7 Å². The van der Waals surface area contributed by atoms with E-state index in [1.54, 1.807) is 24.3 Å². The Kier molecular flexibility index (Phi) is 9.19. The van der Waals surface area contributed by atoms with Crippen LogP contribution in [-0.2, 0) is 6.42 Å². The largest absolute Gasteiger partial charge is 0.491 e. The molecule has 6 nitrogen and oxygen atoms in total. The van der Waals surface area contributed by atoms with Gasteiger partial charge in [-0.2, -0.15) is 0 Å². The number of carboxylic acid groups (broad SMARTS) is 1. The van der Waals surface area contributed by atoms with E-state index >= 15 is 0 Å². The molecule has 0 atom stereocenters. The smallest absolute Gasteiger partial charge is 0.335 e. The molecule has 1 fully saturated rings. The molecule has 1 saturated heterocycles. The molecule has 0 bridgehead atoms. The summed E-state index contributed by atoms with van der Waals surface area (Å²) >= 11 is 0. The highest BCUT2D eigenvalue weighted by Gasteiger charge is 2.19. The Morgan fingerprint density at radius 3 is 2.35 bits per heavy atom. The fourth-order valence-electron chi connectivity index (χ4n) is 3.68. The molecule has 0 unspecified atom stereocenters. The number of benzene rings is 2. The van der Waals surface area contributed by atoms with Gasteiger partial charge < -0.3 is 20.1 Å². The molecule has 0 aliphatic carbocycles. The van der Waals surface area contributed by atoms with Crippen molar-refractivity contribution in [3.05, 3.63) is 59.2 Å². The summed E-state index contributed by atoms with van der Waals surface area (Å²) in [6.07, 6.45) is 4.17. The number of rotatable bonds is 8. The Labute approximate surface area is 190 Å². The Morgan fingerprint density at radius 1 is 1.06 bits per heavy atom. The number of nitrogens with one attached hydrogen (secondary N) is 1. The highest BCUT2D eigenvalue weighted by Crippen LogP contribution is 2.28. The van der Waals surface area contributed by atoms with E-state index in [9.17, 15) is 9.59 Å². The van der Waals surface area contributed by atoms with E-state index in [0.717, 1.165) is 37.2 Å². The van der Waals surface area contributed by atoms with Crippen LogP contribution in [0.1, 0.15) is 59.4 Å². The lowest BCUT2D eigenvalue weighted by Gasteiger charge is -2.30. The lowest BCUT2D eigenvalue weighted by molar-refractivity contribution is 0.0696. The van der Waals surface area contributed by atoms with Crippen molar-refractivity contribution in [3.8, 4) is 5.75 Å². The van der Waals surface area contributed by atoms with E-state index in [2.05, 4.69) is 10.2 Å². The van der Waals surface area contributed by atoms with Crippen LogP contribution in [0.25, 0.3) is 0 Å². The minimum absolute atomic E-state index is 0. The minimum Gasteiger partial charge on any atom is -0.491 e. The van der Waals surface area contributed by atoms with Crippen molar-refractivity contribution < 1.29 is 19.4 Å². The molecule has 1 aliphatic rings. The van der Waals surface area contributed by atoms with E-state index in [-0.39, 0.29) is 30.0 Å². The van der Waals surface area contributed by atoms with Gasteiger partial charge >= 0.3 is 5.97 Å². The van der Waals surface area contributed by atoms with Crippen LogP contribution in [0, 0.1) is 0 Å². The summed E-state index contributed by atoms with van der Waals surface area (Å²) in [6, 6.07) is 12.5. The first kappa shape index (κ1) is 24.5. The van der Waals surface area contributed by atoms with Crippen LogP contribution in [0.4, 0.5) is 5.69 Å². The first-order chi connectivity index (χ1) is 14.4. The van der Waals surface area contributed by atoms with Crippen molar-refractivity contribution in [2.24, 2.45) is 0 Å². The topological polar surface area (TPSA) is 78.9 Å². The van der Waals surface area contributed by atoms with Gasteiger partial charge in [-0.3, -0.25) is 4.79 Å². The Morgan fingerprint density at radius 2 is 1.74 bits per heavy atom. The maximum atomic E-state index is 13.0. The van der Waals surface area contributed by atoms with E-state index < -0.39 is 5.97 Å². The maximum Gasteiger partial charge on any atom is 0.335 e. The van der Waals surface area contributed by atoms with Gasteiger partial charge in [0.15, 0.2) is 0 Å². The third kappa shape index (κ3) is 6.89. The van der Waals surface area contributed by atoms with Crippen LogP contribution in [0.2, 0.25) is 0 Å². The van der Waals surface area contributed by atoms with Gasteiger partial charge in [0, 0.05) is 25.3 Å². The van der Waals surface area contributed by atoms with Gasteiger partial charge in [0.05, 0.1) is 17.2 Å². The monoisotopic (exact) mass is 446 g/mol. The summed E-state index contributed by atoms with van der Waals surface area (Å²) in [4.78, 5) is 26.2. The third-order valence-corrected chi connectivity index (χ3v) is 5.18. The van der Waals surface area contributed by atoms with Gasteiger partial charge in [0.2, 0.25) is 0 Å². The number of ether oxygens (including phenoxy) is 1. The van der Waals surface area contributed by atoms with Crippen molar-refractivity contribution >= 4 is 30.0 Å². The zero-order chi connectivity index (χ0) is 21.5. The van der Waals surface area contributed by atoms with E-state index in [4.69, 9.17) is 9.84 Å². The van der Waals surface area contributed by atoms with Crippen LogP contribution < -0.4 is 15.0 Å². The van der Waals surface area contributed by atoms with Gasteiger partial charge in [-0.1, -0.05) is 12.1 Å². The second kappa shape index (κ2) is 11.6. The Hall–Kier alpha value is -2.73. The average molecular weight is 447 g/mol. The van der Waals surface area contributed by atoms with E-state index in [1.165, 1.54) is 6.42 Å². The average Bonchev–Trinajstić information content (AvgIpc) is 2.74. The van der Waals surface area contributed by atoms with Crippen molar-refractivity contribution in [3.63, 3.8) is 0 Å². The fourth-order valence-corrected chi connectivity index (χ4v) is 3.68. The van der Waals surface area contributed by atoms with Crippen molar-refractivity contribution in [1.82, 2.24) is 5.32 Å². The van der Waals surface area contributed by atoms with Crippen molar-refractivity contribution in [2.75, 3.05) is 24.5 Å². The molecule has 1 aliphatic heterocycles. The minimum atomic E-state index is -0.941. The Balaban J connectivity index is 0.00000341. The van der Waals surface area contributed by atoms with Gasteiger partial charge in [-0.15, -0.1) is 12.4 Å². The zero-order valence-electron chi connectivity index (χ0n) is 18.1. The summed E-state index contributed by atoms with van der Waals surface area (Å²) < 4.78 is 5.81. The van der Waals surface area contributed by atoms with Crippen LogP contribution in [0.3, 0.4) is 0 Å². The predicted octanol–water partition coefficient (Wildman–Crippen LogP) is 4.56. The summed E-state index contributed by atoms with van der Waals surface area (Å²) in [7, 11) is 0. The molecule has 2 N–H and O–H groups in total. The second-order valence-electron chi connectivity index (χ2n) is 7.90. The predicted molar refractivity (Wildman–Crippen MR) is 125 cm³/mol. The molecule has 3 rings (SSSR count). The number of halogens is 1. The molecular formula is C24H31ClN2O4. The Bertz CT molecular complexity index is 878. The molecule has 168 valence electrons. The number of hydrogen-bond acceptors (Lipinski definition) is 4. The SMILES string of the molecule is CC(C)Oc1ccc(N2CCCCC2)c(C(=O)NCCc2ccc(C(=O)O)cc2)c1.Cl. The maximum absolute atomic E-state index is 13.0. The summed E-state index contributed by atoms with van der Waals surface area (Å²) in [5.74, 6) is -0.365. The molecule has 1 heterocycles. The molecular weight excluding hydrogens is 416 g/mol. The molecule has 2 aromatic rings. The van der Waals surface area contributed by atoms with Gasteiger partial charge in [-0.25, -0.2) is 4.79 Å². The molecule has 2 aromatic carbocycles. The first-order valence-electron chi connectivity index (χ1n) is 10.6. The van der Waals surface area contributed by atoms with Crippen molar-refractivity contribution in [2.45, 2.75) is 45.6 Å². The number of nitrogens with zero attached hydrogens (tertiary/aromatic N) is 1. The molecule has 7 heteroatoms. The van der Waals surface area contributed by atoms with Crippen LogP contribution in [0.5, 0.6) is 5.75 Å². The lowest BCUT2D eigenvalue weighted by Crippen LogP contribution is -2.33. The van der Waals surface area contributed by atoms with Crippen molar-refractivity contribution in [1.29, 1.82) is 0 Å². The quantitative estimate of drug-likeness (QED) is 0.621. The van der Waals surface area contributed by atoms with E-state index in [0.29, 0.717) is 24.3 Å². The van der Waals surface area contributed by atoms with Crippen LogP contribution in [0.15, 0.2) is 42.5 Å². The standard InChI is InChI=1S/C24H30N2O4.ClH/c1-17(2)30-20-10-11-22(26-14-4-3-5-15-26)21(16-20)23(27)25-13-12-18-6-8-19(9-7-18)24(28)29;/h6-11,16-17H,3-5,12-15H2,1-2H3,(H,25,27)(H,28,29);1H. The van der Waals surface area contributed by atoms with Gasteiger partial charge in [0.25, 0.3) is 5.91 Å². The van der Waals surface area contributed by atoms with Gasteiger partial charge in [0.1, 0.15) is 5.75 Å². The number of aromatic carboxylic acids is 1. The molecule has 0 radical (unpaired) electrons. The molecule has 0 spiro atoms. The number of carbonyl (C=O) groups is 2. The molecule has 31 heavy (non-hydrogen) atoms. The van der Waals surface area contributed by atoms with Gasteiger partial charge in [-0.05, 0) is 75.4 Å². The molecule has 0 aromatic heterocycles. The normalized spacial score (nSPS) is 13.5. The summed E-state index contributed by atoms with van der Waals surface area (Å²) in [5.41, 5.74) is 2.83. The number of piperidine rings is 1. The number of carbonyl (C=O) groups excluding carboxylic acids is 1. The molecule has 1 amide bonds. The fraction of sp³-hybridized carbons (Fsp3) is 0.417. The highest BCUT2D eigenvalue weighted by molar-refractivity contribution is 6.00. The first-order valence-corrected chi connectivity index (χ1v) is 10.6. The summed E-state index contributed by atoms with van der Waals surface area (Å²) in [6.45, 7) is 6.32. The number of hydrogen-bond donors (Lipinski definition) is 2. The number of anilines is 1. The molecule has 0 saturated carbocycles. The van der Waals surface area contributed by atoms with Crippen LogP contribution >= 0.6 is 12.4 Å². The summed E-state index contributed by atoms with van der Waals surface area (Å²) in [5, 5.41) is 12.0. The zero-order valence-corrected chi connectivity index (χ0v) is 18.9. The second-order valence-corrected chi connectivity index (χ2v) is 7.90. The van der Waals surface area contributed by atoms with E-state index in [1.807, 2.05) is 32.0 Å². The number of carboxylic acids is 1. The lowest BCUT2D eigenvalue weighted by atomic mass is 10.1. The highest BCUT2D eigenvalue weighted by atomic mass is 35.5. The third-order valence-electron chi connectivity index (χ3n) is 5.18. The number of amides is 1.